The average molecular weight is 459 g/mol. The van der Waals surface area contributed by atoms with Crippen molar-refractivity contribution in [3.05, 3.63) is 70.2 Å². The fraction of sp³-hybridized carbons (Fsp3) is 0.0909. The van der Waals surface area contributed by atoms with Gasteiger partial charge >= 0.3 is 0 Å². The molecule has 1 N–H and O–H groups in total. The van der Waals surface area contributed by atoms with Crippen molar-refractivity contribution in [1.29, 1.82) is 0 Å². The van der Waals surface area contributed by atoms with Crippen LogP contribution in [0.25, 0.3) is 20.8 Å². The predicted octanol–water partition coefficient (Wildman–Crippen LogP) is 6.54. The highest BCUT2D eigenvalue weighted by Crippen LogP contribution is 2.36. The summed E-state index contributed by atoms with van der Waals surface area (Å²) in [6, 6.07) is 16.5. The first-order valence-electron chi connectivity index (χ1n) is 8.88. The summed E-state index contributed by atoms with van der Waals surface area (Å²) in [7, 11) is 3.01. The van der Waals surface area contributed by atoms with Crippen LogP contribution in [0.15, 0.2) is 54.6 Å². The molecular weight excluding hydrogens is 443 g/mol. The van der Waals surface area contributed by atoms with Crippen LogP contribution in [0, 0.1) is 0 Å². The number of hydrogen-bond donors (Lipinski definition) is 1. The standard InChI is InChI=1S/C22H16Cl2N2O3S/c1-28-18-8-7-12(22-26-16-5-3-4-6-19(16)30-22)11-17(18)25-21(27)13-9-14(23)20(29-2)15(24)10-13/h3-11H,1-2H3,(H,25,27). The van der Waals surface area contributed by atoms with Gasteiger partial charge in [-0.15, -0.1) is 11.3 Å². The zero-order valence-corrected chi connectivity index (χ0v) is 18.4. The van der Waals surface area contributed by atoms with Crippen molar-refractivity contribution < 1.29 is 14.3 Å². The van der Waals surface area contributed by atoms with Crippen LogP contribution in [-0.2, 0) is 0 Å². The van der Waals surface area contributed by atoms with E-state index in [1.165, 1.54) is 19.2 Å². The SMILES string of the molecule is COc1ccc(-c2nc3ccccc3s2)cc1NC(=O)c1cc(Cl)c(OC)c(Cl)c1. The Morgan fingerprint density at radius 2 is 1.73 bits per heavy atom. The molecular formula is C22H16Cl2N2O3S. The molecule has 1 heterocycles. The molecule has 0 bridgehead atoms. The monoisotopic (exact) mass is 458 g/mol. The predicted molar refractivity (Wildman–Crippen MR) is 123 cm³/mol. The number of nitrogens with zero attached hydrogens (tertiary/aromatic N) is 1. The molecule has 0 aliphatic rings. The van der Waals surface area contributed by atoms with Gasteiger partial charge in [0.25, 0.3) is 5.91 Å². The Morgan fingerprint density at radius 3 is 2.40 bits per heavy atom. The molecule has 0 aliphatic heterocycles. The quantitative estimate of drug-likeness (QED) is 0.368. The fourth-order valence-corrected chi connectivity index (χ4v) is 4.62. The summed E-state index contributed by atoms with van der Waals surface area (Å²) in [5.74, 6) is 0.477. The van der Waals surface area contributed by atoms with E-state index < -0.39 is 0 Å². The normalized spacial score (nSPS) is 10.8. The van der Waals surface area contributed by atoms with Crippen molar-refractivity contribution >= 4 is 56.3 Å². The zero-order valence-electron chi connectivity index (χ0n) is 16.0. The molecule has 5 nitrogen and oxygen atoms in total. The number of halogens is 2. The number of ether oxygens (including phenoxy) is 2. The van der Waals surface area contributed by atoms with Gasteiger partial charge in [-0.2, -0.15) is 0 Å². The van der Waals surface area contributed by atoms with E-state index in [0.717, 1.165) is 20.8 Å². The average Bonchev–Trinajstić information content (AvgIpc) is 3.17. The van der Waals surface area contributed by atoms with E-state index in [1.807, 2.05) is 36.4 Å². The van der Waals surface area contributed by atoms with E-state index in [1.54, 1.807) is 24.5 Å². The largest absolute Gasteiger partial charge is 0.495 e. The summed E-state index contributed by atoms with van der Waals surface area (Å²) in [5, 5.41) is 4.23. The lowest BCUT2D eigenvalue weighted by Crippen LogP contribution is -2.13. The van der Waals surface area contributed by atoms with Gasteiger partial charge in [-0.3, -0.25) is 4.79 Å². The number of carbonyl (C=O) groups is 1. The first-order valence-corrected chi connectivity index (χ1v) is 10.5. The van der Waals surface area contributed by atoms with Gasteiger partial charge in [0.15, 0.2) is 5.75 Å². The molecule has 1 aromatic heterocycles. The molecule has 1 amide bonds. The lowest BCUT2D eigenvalue weighted by Gasteiger charge is -2.13. The number of thiazole rings is 1. The molecule has 0 saturated heterocycles. The number of hydrogen-bond acceptors (Lipinski definition) is 5. The number of anilines is 1. The highest BCUT2D eigenvalue weighted by molar-refractivity contribution is 7.21. The lowest BCUT2D eigenvalue weighted by molar-refractivity contribution is 0.102. The van der Waals surface area contributed by atoms with Crippen LogP contribution >= 0.6 is 34.5 Å². The smallest absolute Gasteiger partial charge is 0.255 e. The van der Waals surface area contributed by atoms with Gasteiger partial charge in [0.05, 0.1) is 40.2 Å². The molecule has 0 spiro atoms. The van der Waals surface area contributed by atoms with Crippen molar-refractivity contribution in [1.82, 2.24) is 4.98 Å². The van der Waals surface area contributed by atoms with Crippen LogP contribution in [0.3, 0.4) is 0 Å². The van der Waals surface area contributed by atoms with Gasteiger partial charge in [-0.25, -0.2) is 4.98 Å². The number of nitrogens with one attached hydrogen (secondary N) is 1. The molecule has 0 unspecified atom stereocenters. The summed E-state index contributed by atoms with van der Waals surface area (Å²) < 4.78 is 11.6. The molecule has 30 heavy (non-hydrogen) atoms. The lowest BCUT2D eigenvalue weighted by atomic mass is 10.1. The summed E-state index contributed by atoms with van der Waals surface area (Å²) in [6.45, 7) is 0. The minimum absolute atomic E-state index is 0.255. The van der Waals surface area contributed by atoms with Crippen LogP contribution in [0.4, 0.5) is 5.69 Å². The van der Waals surface area contributed by atoms with Crippen LogP contribution in [0.2, 0.25) is 10.0 Å². The Morgan fingerprint density at radius 1 is 1.00 bits per heavy atom. The second-order valence-electron chi connectivity index (χ2n) is 6.33. The Hall–Kier alpha value is -2.80. The number of fused-ring (bicyclic) bond motifs is 1. The number of benzene rings is 3. The molecule has 0 fully saturated rings. The Balaban J connectivity index is 1.68. The van der Waals surface area contributed by atoms with Crippen molar-refractivity contribution in [3.8, 4) is 22.1 Å². The van der Waals surface area contributed by atoms with Gasteiger partial charge in [-0.1, -0.05) is 35.3 Å². The van der Waals surface area contributed by atoms with E-state index in [4.69, 9.17) is 32.7 Å². The number of methoxy groups -OCH3 is 2. The van der Waals surface area contributed by atoms with Crippen molar-refractivity contribution in [3.63, 3.8) is 0 Å². The minimum atomic E-state index is -0.374. The van der Waals surface area contributed by atoms with Gasteiger partial charge in [0, 0.05) is 11.1 Å². The highest BCUT2D eigenvalue weighted by Gasteiger charge is 2.16. The van der Waals surface area contributed by atoms with Crippen molar-refractivity contribution in [2.75, 3.05) is 19.5 Å². The molecule has 4 aromatic rings. The molecule has 4 rings (SSSR count). The van der Waals surface area contributed by atoms with Gasteiger partial charge in [0.2, 0.25) is 0 Å². The Bertz CT molecular complexity index is 1200. The maximum absolute atomic E-state index is 12.8. The third-order valence-corrected chi connectivity index (χ3v) is 6.10. The molecule has 0 aliphatic carbocycles. The van der Waals surface area contributed by atoms with Crippen LogP contribution in [0.1, 0.15) is 10.4 Å². The van der Waals surface area contributed by atoms with E-state index in [9.17, 15) is 4.79 Å². The molecule has 8 heteroatoms. The van der Waals surface area contributed by atoms with Gasteiger partial charge in [0.1, 0.15) is 10.8 Å². The van der Waals surface area contributed by atoms with E-state index in [2.05, 4.69) is 10.3 Å². The first kappa shape index (κ1) is 20.5. The fourth-order valence-electron chi connectivity index (χ4n) is 3.01. The number of amides is 1. The Kier molecular flexibility index (Phi) is 5.81. The number of carbonyl (C=O) groups excluding carboxylic acids is 1. The second-order valence-corrected chi connectivity index (χ2v) is 8.17. The number of rotatable bonds is 5. The molecule has 0 saturated carbocycles. The van der Waals surface area contributed by atoms with Gasteiger partial charge < -0.3 is 14.8 Å². The summed E-state index contributed by atoms with van der Waals surface area (Å²) >= 11 is 13.9. The van der Waals surface area contributed by atoms with Crippen molar-refractivity contribution in [2.24, 2.45) is 0 Å². The summed E-state index contributed by atoms with van der Waals surface area (Å²) in [4.78, 5) is 17.5. The first-order chi connectivity index (χ1) is 14.5. The molecule has 0 radical (unpaired) electrons. The van der Waals surface area contributed by atoms with Crippen LogP contribution < -0.4 is 14.8 Å². The van der Waals surface area contributed by atoms with Crippen LogP contribution in [0.5, 0.6) is 11.5 Å². The second kappa shape index (κ2) is 8.52. The van der Waals surface area contributed by atoms with Gasteiger partial charge in [-0.05, 0) is 42.5 Å². The number of aromatic nitrogens is 1. The summed E-state index contributed by atoms with van der Waals surface area (Å²) in [5.41, 5.74) is 2.63. The van der Waals surface area contributed by atoms with Crippen molar-refractivity contribution in [2.45, 2.75) is 0 Å². The maximum Gasteiger partial charge on any atom is 0.255 e. The third kappa shape index (κ3) is 3.94. The molecule has 152 valence electrons. The molecule has 0 atom stereocenters. The van der Waals surface area contributed by atoms with E-state index >= 15 is 0 Å². The zero-order chi connectivity index (χ0) is 21.3. The van der Waals surface area contributed by atoms with Crippen LogP contribution in [-0.4, -0.2) is 25.1 Å². The maximum atomic E-state index is 12.8. The molecule has 3 aromatic carbocycles. The minimum Gasteiger partial charge on any atom is -0.495 e. The third-order valence-electron chi connectivity index (χ3n) is 4.45. The van der Waals surface area contributed by atoms with E-state index in [-0.39, 0.29) is 16.0 Å². The van der Waals surface area contributed by atoms with E-state index in [0.29, 0.717) is 22.7 Å². The topological polar surface area (TPSA) is 60.5 Å². The highest BCUT2D eigenvalue weighted by atomic mass is 35.5. The number of para-hydroxylation sites is 1. The Labute approximate surface area is 187 Å². The summed E-state index contributed by atoms with van der Waals surface area (Å²) in [6.07, 6.45) is 0.